The Kier molecular flexibility index (Phi) is 4.86. The summed E-state index contributed by atoms with van der Waals surface area (Å²) in [4.78, 5) is 17.4. The van der Waals surface area contributed by atoms with Crippen molar-refractivity contribution in [2.75, 3.05) is 39.3 Å². The summed E-state index contributed by atoms with van der Waals surface area (Å²) < 4.78 is 0. The second-order valence-corrected chi connectivity index (χ2v) is 7.56. The van der Waals surface area contributed by atoms with Gasteiger partial charge < -0.3 is 10.2 Å². The first kappa shape index (κ1) is 16.1. The molecule has 0 spiro atoms. The molecule has 0 saturated carbocycles. The first-order chi connectivity index (χ1) is 11.8. The van der Waals surface area contributed by atoms with E-state index in [1.165, 1.54) is 42.4 Å². The fraction of sp³-hybridized carbons (Fsp3) is 0.650. The number of benzene rings is 1. The quantitative estimate of drug-likeness (QED) is 0.916. The summed E-state index contributed by atoms with van der Waals surface area (Å²) in [5.41, 5.74) is 4.18. The number of carbonyl (C=O) groups excluding carboxylic acids is 1. The van der Waals surface area contributed by atoms with Gasteiger partial charge in [-0.3, -0.25) is 9.69 Å². The average Bonchev–Trinajstić information content (AvgIpc) is 3.13. The minimum atomic E-state index is 0.309. The molecule has 2 heterocycles. The molecule has 1 aliphatic carbocycles. The van der Waals surface area contributed by atoms with Crippen molar-refractivity contribution < 1.29 is 4.79 Å². The van der Waals surface area contributed by atoms with Crippen molar-refractivity contribution in [2.24, 2.45) is 0 Å². The lowest BCUT2D eigenvalue weighted by Gasteiger charge is -2.32. The summed E-state index contributed by atoms with van der Waals surface area (Å²) in [5, 5.41) is 3.41. The lowest BCUT2D eigenvalue weighted by Crippen LogP contribution is -2.49. The van der Waals surface area contributed by atoms with E-state index >= 15 is 0 Å². The van der Waals surface area contributed by atoms with Gasteiger partial charge >= 0.3 is 0 Å². The molecule has 1 aromatic rings. The number of rotatable bonds is 3. The third kappa shape index (κ3) is 3.50. The fourth-order valence-corrected chi connectivity index (χ4v) is 4.50. The van der Waals surface area contributed by atoms with Crippen LogP contribution in [0.4, 0.5) is 0 Å². The predicted octanol–water partition coefficient (Wildman–Crippen LogP) is 1.61. The zero-order valence-corrected chi connectivity index (χ0v) is 14.6. The van der Waals surface area contributed by atoms with E-state index in [0.717, 1.165) is 45.7 Å². The minimum Gasteiger partial charge on any atom is -0.341 e. The van der Waals surface area contributed by atoms with Gasteiger partial charge in [0.05, 0.1) is 6.42 Å². The van der Waals surface area contributed by atoms with Crippen molar-refractivity contribution in [1.29, 1.82) is 0 Å². The smallest absolute Gasteiger partial charge is 0.227 e. The Labute approximate surface area is 145 Å². The van der Waals surface area contributed by atoms with E-state index < -0.39 is 0 Å². The van der Waals surface area contributed by atoms with Crippen LogP contribution in [0.25, 0.3) is 0 Å². The largest absolute Gasteiger partial charge is 0.341 e. The normalized spacial score (nSPS) is 24.8. The summed E-state index contributed by atoms with van der Waals surface area (Å²) in [6, 6.07) is 7.28. The van der Waals surface area contributed by atoms with Gasteiger partial charge in [-0.15, -0.1) is 0 Å². The Morgan fingerprint density at radius 3 is 2.71 bits per heavy atom. The molecule has 0 aromatic heterocycles. The second-order valence-electron chi connectivity index (χ2n) is 7.56. The number of amides is 1. The molecular formula is C20H29N3O. The highest BCUT2D eigenvalue weighted by molar-refractivity contribution is 5.79. The van der Waals surface area contributed by atoms with E-state index in [0.29, 0.717) is 18.4 Å². The van der Waals surface area contributed by atoms with E-state index in [2.05, 4.69) is 33.3 Å². The first-order valence-corrected chi connectivity index (χ1v) is 9.63. The van der Waals surface area contributed by atoms with Crippen molar-refractivity contribution in [2.45, 2.75) is 44.6 Å². The maximum absolute atomic E-state index is 12.7. The van der Waals surface area contributed by atoms with Gasteiger partial charge in [-0.05, 0) is 48.8 Å². The molecule has 1 N–H and O–H groups in total. The van der Waals surface area contributed by atoms with Crippen molar-refractivity contribution >= 4 is 5.91 Å². The summed E-state index contributed by atoms with van der Waals surface area (Å²) in [7, 11) is 0. The third-order valence-corrected chi connectivity index (χ3v) is 5.95. The molecule has 4 nitrogen and oxygen atoms in total. The average molecular weight is 327 g/mol. The second kappa shape index (κ2) is 7.24. The number of piperazine rings is 1. The number of hydrogen-bond acceptors (Lipinski definition) is 3. The van der Waals surface area contributed by atoms with Crippen molar-refractivity contribution in [3.8, 4) is 0 Å². The molecule has 2 fully saturated rings. The van der Waals surface area contributed by atoms with Crippen LogP contribution < -0.4 is 5.32 Å². The molecule has 3 aliphatic rings. The highest BCUT2D eigenvalue weighted by Crippen LogP contribution is 2.23. The Bertz CT molecular complexity index is 595. The van der Waals surface area contributed by atoms with Gasteiger partial charge in [-0.1, -0.05) is 18.2 Å². The van der Waals surface area contributed by atoms with Gasteiger partial charge in [-0.2, -0.15) is 0 Å². The van der Waals surface area contributed by atoms with E-state index in [9.17, 15) is 4.79 Å². The Hall–Kier alpha value is -1.39. The summed E-state index contributed by atoms with van der Waals surface area (Å²) in [5.74, 6) is 0.309. The van der Waals surface area contributed by atoms with Gasteiger partial charge in [0.25, 0.3) is 0 Å². The molecule has 1 unspecified atom stereocenters. The first-order valence-electron chi connectivity index (χ1n) is 9.63. The van der Waals surface area contributed by atoms with Crippen LogP contribution in [0.15, 0.2) is 18.2 Å². The number of likely N-dealkylation sites (tertiary alicyclic amines) is 1. The Morgan fingerprint density at radius 1 is 1.08 bits per heavy atom. The van der Waals surface area contributed by atoms with Crippen LogP contribution in [0.2, 0.25) is 0 Å². The van der Waals surface area contributed by atoms with Crippen molar-refractivity contribution in [3.05, 3.63) is 34.9 Å². The zero-order chi connectivity index (χ0) is 16.4. The number of aryl methyl sites for hydroxylation is 2. The maximum Gasteiger partial charge on any atom is 0.227 e. The predicted molar refractivity (Wildman–Crippen MR) is 96.2 cm³/mol. The maximum atomic E-state index is 12.7. The van der Waals surface area contributed by atoms with Gasteiger partial charge in [0, 0.05) is 45.3 Å². The number of nitrogens with zero attached hydrogens (tertiary/aromatic N) is 2. The van der Waals surface area contributed by atoms with E-state index in [1.54, 1.807) is 0 Å². The minimum absolute atomic E-state index is 0.309. The molecule has 0 bridgehead atoms. The molecular weight excluding hydrogens is 298 g/mol. The standard InChI is InChI=1S/C20H29N3O/c24-20(14-16-5-6-17-3-1-2-4-18(17)13-16)23-10-7-19(15-23)22-11-8-21-9-12-22/h5-6,13,19,21H,1-4,7-12,14-15H2. The van der Waals surface area contributed by atoms with Crippen molar-refractivity contribution in [3.63, 3.8) is 0 Å². The van der Waals surface area contributed by atoms with Crippen LogP contribution in [0.5, 0.6) is 0 Å². The van der Waals surface area contributed by atoms with Gasteiger partial charge in [0.15, 0.2) is 0 Å². The molecule has 4 heteroatoms. The van der Waals surface area contributed by atoms with E-state index in [-0.39, 0.29) is 0 Å². The van der Waals surface area contributed by atoms with Gasteiger partial charge in [0.2, 0.25) is 5.91 Å². The summed E-state index contributed by atoms with van der Waals surface area (Å²) in [6.07, 6.45) is 6.71. The number of hydrogen-bond donors (Lipinski definition) is 1. The van der Waals surface area contributed by atoms with Crippen LogP contribution in [0.1, 0.15) is 36.0 Å². The number of fused-ring (bicyclic) bond motifs is 1. The summed E-state index contributed by atoms with van der Waals surface area (Å²) >= 11 is 0. The molecule has 2 aliphatic heterocycles. The van der Waals surface area contributed by atoms with E-state index in [1.807, 2.05) is 0 Å². The molecule has 2 saturated heterocycles. The highest BCUT2D eigenvalue weighted by Gasteiger charge is 2.30. The van der Waals surface area contributed by atoms with Gasteiger partial charge in [-0.25, -0.2) is 0 Å². The zero-order valence-electron chi connectivity index (χ0n) is 14.6. The fourth-order valence-electron chi connectivity index (χ4n) is 4.50. The lowest BCUT2D eigenvalue weighted by molar-refractivity contribution is -0.129. The number of carbonyl (C=O) groups is 1. The van der Waals surface area contributed by atoms with Crippen LogP contribution in [0.3, 0.4) is 0 Å². The summed E-state index contributed by atoms with van der Waals surface area (Å²) in [6.45, 7) is 6.26. The van der Waals surface area contributed by atoms with Crippen molar-refractivity contribution in [1.82, 2.24) is 15.1 Å². The molecule has 24 heavy (non-hydrogen) atoms. The van der Waals surface area contributed by atoms with Crippen LogP contribution in [-0.4, -0.2) is 61.0 Å². The third-order valence-electron chi connectivity index (χ3n) is 5.95. The van der Waals surface area contributed by atoms with Crippen LogP contribution in [-0.2, 0) is 24.1 Å². The molecule has 1 aromatic carbocycles. The SMILES string of the molecule is O=C(Cc1ccc2c(c1)CCCC2)N1CCC(N2CCNCC2)C1. The van der Waals surface area contributed by atoms with Crippen LogP contribution in [0, 0.1) is 0 Å². The highest BCUT2D eigenvalue weighted by atomic mass is 16.2. The molecule has 1 atom stereocenters. The van der Waals surface area contributed by atoms with E-state index in [4.69, 9.17) is 0 Å². The topological polar surface area (TPSA) is 35.6 Å². The number of nitrogens with one attached hydrogen (secondary N) is 1. The lowest BCUT2D eigenvalue weighted by atomic mass is 9.90. The molecule has 130 valence electrons. The Morgan fingerprint density at radius 2 is 1.88 bits per heavy atom. The molecule has 4 rings (SSSR count). The molecule has 0 radical (unpaired) electrons. The Balaban J connectivity index is 1.35. The van der Waals surface area contributed by atoms with Gasteiger partial charge in [0.1, 0.15) is 0 Å². The van der Waals surface area contributed by atoms with Crippen LogP contribution >= 0.6 is 0 Å². The molecule has 1 amide bonds. The monoisotopic (exact) mass is 327 g/mol.